The van der Waals surface area contributed by atoms with Crippen molar-refractivity contribution in [2.75, 3.05) is 0 Å². The molecule has 1 atom stereocenters. The number of hydrogen-bond donors (Lipinski definition) is 1. The van der Waals surface area contributed by atoms with Crippen molar-refractivity contribution < 1.29 is 4.79 Å². The SMILES string of the molecule is CCCCCCCC/C=C/CCCCCCCCCCCCCC(=O)NC(C)C/C=C/CCCCCCCCCCCCC. The number of rotatable bonds is 36. The van der Waals surface area contributed by atoms with E-state index in [0.717, 1.165) is 12.8 Å². The number of hydrogen-bond acceptors (Lipinski definition) is 1. The molecular formula is C42H81NO. The van der Waals surface area contributed by atoms with Crippen LogP contribution in [0.15, 0.2) is 24.3 Å². The molecule has 0 aliphatic heterocycles. The second-order valence-electron chi connectivity index (χ2n) is 14.0. The number of allylic oxidation sites excluding steroid dienone is 3. The Morgan fingerprint density at radius 3 is 1.09 bits per heavy atom. The molecule has 0 aliphatic carbocycles. The van der Waals surface area contributed by atoms with Crippen molar-refractivity contribution in [2.45, 2.75) is 239 Å². The molecule has 44 heavy (non-hydrogen) atoms. The third-order valence-corrected chi connectivity index (χ3v) is 9.20. The van der Waals surface area contributed by atoms with Gasteiger partial charge in [0, 0.05) is 12.5 Å². The smallest absolute Gasteiger partial charge is 0.220 e. The first-order chi connectivity index (χ1) is 21.7. The Bertz CT molecular complexity index is 609. The van der Waals surface area contributed by atoms with Gasteiger partial charge in [0.1, 0.15) is 0 Å². The van der Waals surface area contributed by atoms with E-state index in [9.17, 15) is 4.79 Å². The van der Waals surface area contributed by atoms with Crippen LogP contribution in [0.5, 0.6) is 0 Å². The maximum Gasteiger partial charge on any atom is 0.220 e. The minimum absolute atomic E-state index is 0.240. The molecule has 1 N–H and O–H groups in total. The fourth-order valence-corrected chi connectivity index (χ4v) is 6.17. The Morgan fingerprint density at radius 2 is 0.727 bits per heavy atom. The molecular weight excluding hydrogens is 534 g/mol. The lowest BCUT2D eigenvalue weighted by molar-refractivity contribution is -0.121. The molecule has 1 amide bonds. The maximum atomic E-state index is 12.3. The van der Waals surface area contributed by atoms with E-state index in [1.807, 2.05) is 0 Å². The van der Waals surface area contributed by atoms with Gasteiger partial charge in [-0.05, 0) is 58.3 Å². The Labute approximate surface area is 278 Å². The molecule has 0 aliphatic rings. The first kappa shape index (κ1) is 43.0. The fourth-order valence-electron chi connectivity index (χ4n) is 6.17. The second kappa shape index (κ2) is 38.1. The Kier molecular flexibility index (Phi) is 37.2. The van der Waals surface area contributed by atoms with Crippen LogP contribution in [0, 0.1) is 0 Å². The summed E-state index contributed by atoms with van der Waals surface area (Å²) in [5.74, 6) is 0.240. The molecule has 0 saturated heterocycles. The van der Waals surface area contributed by atoms with Gasteiger partial charge in [0.25, 0.3) is 0 Å². The number of unbranched alkanes of at least 4 members (excludes halogenated alkanes) is 28. The van der Waals surface area contributed by atoms with Crippen LogP contribution >= 0.6 is 0 Å². The summed E-state index contributed by atoms with van der Waals surface area (Å²) in [7, 11) is 0. The van der Waals surface area contributed by atoms with Gasteiger partial charge in [-0.2, -0.15) is 0 Å². The van der Waals surface area contributed by atoms with Gasteiger partial charge in [0.05, 0.1) is 0 Å². The zero-order valence-corrected chi connectivity index (χ0v) is 30.6. The molecule has 0 fully saturated rings. The van der Waals surface area contributed by atoms with Crippen molar-refractivity contribution in [3.05, 3.63) is 24.3 Å². The van der Waals surface area contributed by atoms with Crippen molar-refractivity contribution in [1.29, 1.82) is 0 Å². The average Bonchev–Trinajstić information content (AvgIpc) is 3.02. The van der Waals surface area contributed by atoms with Crippen LogP contribution in [0.2, 0.25) is 0 Å². The first-order valence-corrected chi connectivity index (χ1v) is 20.3. The van der Waals surface area contributed by atoms with E-state index in [4.69, 9.17) is 0 Å². The van der Waals surface area contributed by atoms with E-state index in [1.165, 1.54) is 193 Å². The summed E-state index contributed by atoms with van der Waals surface area (Å²) >= 11 is 0. The zero-order chi connectivity index (χ0) is 32.0. The summed E-state index contributed by atoms with van der Waals surface area (Å²) in [6.07, 6.45) is 53.3. The summed E-state index contributed by atoms with van der Waals surface area (Å²) in [6, 6.07) is 0.252. The molecule has 2 heteroatoms. The highest BCUT2D eigenvalue weighted by atomic mass is 16.1. The maximum absolute atomic E-state index is 12.3. The molecule has 0 aromatic heterocycles. The lowest BCUT2D eigenvalue weighted by Gasteiger charge is -2.11. The third kappa shape index (κ3) is 37.1. The van der Waals surface area contributed by atoms with Crippen LogP contribution < -0.4 is 5.32 Å². The Hall–Kier alpha value is -1.05. The molecule has 0 rings (SSSR count). The van der Waals surface area contributed by atoms with Gasteiger partial charge in [-0.3, -0.25) is 4.79 Å². The number of carbonyl (C=O) groups excluding carboxylic acids is 1. The molecule has 2 nitrogen and oxygen atoms in total. The molecule has 0 spiro atoms. The molecule has 0 aromatic rings. The van der Waals surface area contributed by atoms with Gasteiger partial charge in [-0.25, -0.2) is 0 Å². The van der Waals surface area contributed by atoms with Gasteiger partial charge >= 0.3 is 0 Å². The third-order valence-electron chi connectivity index (χ3n) is 9.20. The topological polar surface area (TPSA) is 29.1 Å². The highest BCUT2D eigenvalue weighted by Crippen LogP contribution is 2.14. The van der Waals surface area contributed by atoms with Crippen LogP contribution in [-0.4, -0.2) is 11.9 Å². The lowest BCUT2D eigenvalue weighted by Crippen LogP contribution is -2.31. The molecule has 0 aromatic carbocycles. The molecule has 0 saturated carbocycles. The summed E-state index contributed by atoms with van der Waals surface area (Å²) in [5, 5.41) is 3.19. The van der Waals surface area contributed by atoms with Crippen LogP contribution in [0.25, 0.3) is 0 Å². The van der Waals surface area contributed by atoms with Crippen molar-refractivity contribution >= 4 is 5.91 Å². The molecule has 0 bridgehead atoms. The van der Waals surface area contributed by atoms with E-state index in [1.54, 1.807) is 0 Å². The zero-order valence-electron chi connectivity index (χ0n) is 30.6. The highest BCUT2D eigenvalue weighted by Gasteiger charge is 2.05. The van der Waals surface area contributed by atoms with Crippen LogP contribution in [-0.2, 0) is 4.79 Å². The normalized spacial score (nSPS) is 12.5. The van der Waals surface area contributed by atoms with Crippen LogP contribution in [0.3, 0.4) is 0 Å². The average molecular weight is 616 g/mol. The van der Waals surface area contributed by atoms with E-state index >= 15 is 0 Å². The Balaban J connectivity index is 3.34. The second-order valence-corrected chi connectivity index (χ2v) is 14.0. The standard InChI is InChI=1S/C42H81NO/c1-4-6-8-10-12-14-16-18-20-21-22-23-24-25-26-28-30-32-34-36-38-40-42(44)43-41(3)39-37-35-33-31-29-27-19-17-15-13-11-9-7-5-2/h18,20,35,37,41H,4-17,19,21-34,36,38-40H2,1-3H3,(H,43,44)/b20-18+,37-35+. The van der Waals surface area contributed by atoms with Gasteiger partial charge < -0.3 is 5.32 Å². The van der Waals surface area contributed by atoms with E-state index < -0.39 is 0 Å². The van der Waals surface area contributed by atoms with Gasteiger partial charge in [0.15, 0.2) is 0 Å². The number of amides is 1. The molecule has 0 heterocycles. The molecule has 1 unspecified atom stereocenters. The molecule has 260 valence electrons. The quantitative estimate of drug-likeness (QED) is 0.0551. The highest BCUT2D eigenvalue weighted by molar-refractivity contribution is 5.76. The van der Waals surface area contributed by atoms with Gasteiger partial charge in [-0.1, -0.05) is 192 Å². The summed E-state index contributed by atoms with van der Waals surface area (Å²) in [6.45, 7) is 6.72. The molecule has 0 radical (unpaired) electrons. The van der Waals surface area contributed by atoms with Crippen molar-refractivity contribution in [3.63, 3.8) is 0 Å². The van der Waals surface area contributed by atoms with Crippen LogP contribution in [0.4, 0.5) is 0 Å². The van der Waals surface area contributed by atoms with E-state index in [0.29, 0.717) is 6.42 Å². The minimum atomic E-state index is 0.240. The largest absolute Gasteiger partial charge is 0.353 e. The van der Waals surface area contributed by atoms with Crippen molar-refractivity contribution in [1.82, 2.24) is 5.32 Å². The number of nitrogens with one attached hydrogen (secondary N) is 1. The number of carbonyl (C=O) groups is 1. The summed E-state index contributed by atoms with van der Waals surface area (Å²) in [4.78, 5) is 12.3. The Morgan fingerprint density at radius 1 is 0.432 bits per heavy atom. The predicted molar refractivity (Wildman–Crippen MR) is 200 cm³/mol. The van der Waals surface area contributed by atoms with E-state index in [2.05, 4.69) is 50.4 Å². The lowest BCUT2D eigenvalue weighted by atomic mass is 10.0. The van der Waals surface area contributed by atoms with Crippen molar-refractivity contribution in [3.8, 4) is 0 Å². The van der Waals surface area contributed by atoms with Crippen molar-refractivity contribution in [2.24, 2.45) is 0 Å². The van der Waals surface area contributed by atoms with E-state index in [-0.39, 0.29) is 11.9 Å². The first-order valence-electron chi connectivity index (χ1n) is 20.3. The summed E-state index contributed by atoms with van der Waals surface area (Å²) < 4.78 is 0. The predicted octanol–water partition coefficient (Wildman–Crippen LogP) is 14.5. The minimum Gasteiger partial charge on any atom is -0.353 e. The van der Waals surface area contributed by atoms with Gasteiger partial charge in [-0.15, -0.1) is 0 Å². The monoisotopic (exact) mass is 616 g/mol. The fraction of sp³-hybridized carbons (Fsp3) is 0.881. The summed E-state index contributed by atoms with van der Waals surface area (Å²) in [5.41, 5.74) is 0. The van der Waals surface area contributed by atoms with Gasteiger partial charge in [0.2, 0.25) is 5.91 Å². The van der Waals surface area contributed by atoms with Crippen LogP contribution in [0.1, 0.15) is 233 Å².